The van der Waals surface area contributed by atoms with Crippen molar-refractivity contribution in [1.29, 1.82) is 0 Å². The molecule has 11 rings (SSSR count). The Bertz CT molecular complexity index is 3370. The van der Waals surface area contributed by atoms with E-state index < -0.39 is 13.7 Å². The van der Waals surface area contributed by atoms with Gasteiger partial charge in [-0.3, -0.25) is 9.13 Å². The summed E-state index contributed by atoms with van der Waals surface area (Å²) < 4.78 is 45.5. The minimum absolute atomic E-state index is 0.0536. The molecule has 4 heterocycles. The van der Waals surface area contributed by atoms with Crippen LogP contribution in [0.5, 0.6) is 23.1 Å². The minimum atomic E-state index is -2.61. The number of imidazole rings is 1. The highest BCUT2D eigenvalue weighted by Gasteiger charge is 2.38. The molecular weight excluding hydrogens is 759 g/mol. The Morgan fingerprint density at radius 1 is 0.661 bits per heavy atom. The Morgan fingerprint density at radius 2 is 1.34 bits per heavy atom. The minimum Gasteiger partial charge on any atom is -0.472 e. The van der Waals surface area contributed by atoms with Gasteiger partial charge in [-0.25, -0.2) is 4.98 Å². The monoisotopic (exact) mass is 805 g/mol. The maximum Gasteiger partial charge on any atom is 0.245 e. The summed E-state index contributed by atoms with van der Waals surface area (Å²) in [4.78, 5) is 4.85. The Kier molecular flexibility index (Phi) is 8.16. The van der Waals surface area contributed by atoms with Crippen LogP contribution in [0, 0.1) is 6.33 Å². The van der Waals surface area contributed by atoms with Crippen molar-refractivity contribution in [2.24, 2.45) is 6.98 Å². The Balaban J connectivity index is 1.06. The van der Waals surface area contributed by atoms with Crippen LogP contribution in [0.4, 0.5) is 0 Å². The van der Waals surface area contributed by atoms with Crippen molar-refractivity contribution >= 4 is 45.0 Å². The predicted molar refractivity (Wildman–Crippen MR) is 252 cm³/mol. The van der Waals surface area contributed by atoms with E-state index >= 15 is 0 Å². The zero-order valence-corrected chi connectivity index (χ0v) is 34.6. The second kappa shape index (κ2) is 14.8. The fourth-order valence-electron chi connectivity index (χ4n) is 9.00. The smallest absolute Gasteiger partial charge is 0.245 e. The zero-order valence-electron chi connectivity index (χ0n) is 37.6. The molecule has 0 radical (unpaired) electrons. The Hall–Kier alpha value is -7.64. The summed E-state index contributed by atoms with van der Waals surface area (Å²) in [7, 11) is 0. The van der Waals surface area contributed by atoms with Gasteiger partial charge in [0.1, 0.15) is 23.1 Å². The fourth-order valence-corrected chi connectivity index (χ4v) is 9.00. The predicted octanol–water partition coefficient (Wildman–Crippen LogP) is 10.6. The van der Waals surface area contributed by atoms with Crippen molar-refractivity contribution in [3.8, 4) is 56.9 Å². The van der Waals surface area contributed by atoms with Crippen molar-refractivity contribution in [3.05, 3.63) is 200 Å². The van der Waals surface area contributed by atoms with Crippen LogP contribution in [0.2, 0.25) is 0 Å². The van der Waals surface area contributed by atoms with Gasteiger partial charge in [-0.15, -0.1) is 0 Å². The molecular formula is C55H43BN4O2. The third-order valence-corrected chi connectivity index (χ3v) is 11.9. The van der Waals surface area contributed by atoms with Crippen LogP contribution in [-0.4, -0.2) is 20.8 Å². The van der Waals surface area contributed by atoms with E-state index in [0.717, 1.165) is 60.8 Å². The summed E-state index contributed by atoms with van der Waals surface area (Å²) in [6, 6.07) is 61.0. The van der Waals surface area contributed by atoms with Gasteiger partial charge >= 0.3 is 0 Å². The lowest BCUT2D eigenvalue weighted by molar-refractivity contribution is -0.658. The maximum atomic E-state index is 8.94. The van der Waals surface area contributed by atoms with Crippen LogP contribution < -0.4 is 30.6 Å². The van der Waals surface area contributed by atoms with Crippen LogP contribution >= 0.6 is 0 Å². The molecule has 0 amide bonds. The van der Waals surface area contributed by atoms with E-state index in [1.807, 2.05) is 97.2 Å². The lowest BCUT2D eigenvalue weighted by Crippen LogP contribution is -2.65. The molecule has 0 unspecified atom stereocenters. The molecule has 0 aliphatic carbocycles. The fraction of sp³-hybridized carbons (Fsp3) is 0.0909. The van der Waals surface area contributed by atoms with E-state index in [4.69, 9.17) is 18.6 Å². The van der Waals surface area contributed by atoms with E-state index in [1.165, 1.54) is 10.1 Å². The standard InChI is InChI=1S/C55H43BN4O2/c1-55(2,3)39-31-32-57-51(33-39)60-48-27-13-11-23-45(48)46-30-29-42(35-49(46)60)61-41-22-15-21-40(34-41)59-36-58(4)53-54(59)62-50-28-14-12-26-47(50)56(53)52-43(37-17-7-5-8-18-37)24-16-25-44(52)38-19-9-6-10-20-38/h5-35H,1-4H3/i4D3. The lowest BCUT2D eigenvalue weighted by Gasteiger charge is -2.30. The van der Waals surface area contributed by atoms with Crippen molar-refractivity contribution < 1.29 is 18.2 Å². The van der Waals surface area contributed by atoms with Crippen molar-refractivity contribution in [2.75, 3.05) is 0 Å². The van der Waals surface area contributed by atoms with Gasteiger partial charge in [0, 0.05) is 23.0 Å². The number of ether oxygens (including phenoxy) is 2. The van der Waals surface area contributed by atoms with E-state index in [1.54, 1.807) is 4.57 Å². The molecule has 0 saturated carbocycles. The van der Waals surface area contributed by atoms with Crippen LogP contribution in [0.25, 0.3) is 55.6 Å². The second-order valence-electron chi connectivity index (χ2n) is 16.8. The third-order valence-electron chi connectivity index (χ3n) is 11.9. The van der Waals surface area contributed by atoms with Crippen LogP contribution in [-0.2, 0) is 12.4 Å². The number of para-hydroxylation sites is 2. The quantitative estimate of drug-likeness (QED) is 0.0916. The van der Waals surface area contributed by atoms with Gasteiger partial charge in [0.25, 0.3) is 0 Å². The zero-order chi connectivity index (χ0) is 44.5. The SMILES string of the molecule is [2H]C([2H])([2H])[n+]1[c-]n(-c2cccc(Oc3ccc4c5ccccc5n(-c5cc(C(C)(C)C)ccn5)c4c3)c2)c2c1B(c1c(-c3ccccc3)cccc1-c1ccccc1)c1ccccc1O2. The number of fused-ring (bicyclic) bond motifs is 5. The number of hydrogen-bond donors (Lipinski definition) is 0. The molecule has 0 atom stereocenters. The van der Waals surface area contributed by atoms with Gasteiger partial charge < -0.3 is 14.0 Å². The largest absolute Gasteiger partial charge is 0.472 e. The van der Waals surface area contributed by atoms with Crippen LogP contribution in [0.15, 0.2) is 188 Å². The average Bonchev–Trinajstić information content (AvgIpc) is 3.87. The summed E-state index contributed by atoms with van der Waals surface area (Å²) in [5.41, 5.74) is 10.1. The molecule has 10 aromatic rings. The van der Waals surface area contributed by atoms with Gasteiger partial charge in [-0.1, -0.05) is 154 Å². The van der Waals surface area contributed by atoms with E-state index in [9.17, 15) is 0 Å². The van der Waals surface area contributed by atoms with Crippen molar-refractivity contribution in [1.82, 2.24) is 14.1 Å². The highest BCUT2D eigenvalue weighted by molar-refractivity contribution is 6.97. The summed E-state index contributed by atoms with van der Waals surface area (Å²) in [6.07, 6.45) is 5.13. The number of rotatable bonds is 7. The molecule has 62 heavy (non-hydrogen) atoms. The topological polar surface area (TPSA) is 45.1 Å². The Labute approximate surface area is 366 Å². The van der Waals surface area contributed by atoms with E-state index in [-0.39, 0.29) is 5.41 Å². The normalized spacial score (nSPS) is 13.2. The molecule has 7 aromatic carbocycles. The van der Waals surface area contributed by atoms with Gasteiger partial charge in [0.15, 0.2) is 0 Å². The number of pyridine rings is 1. The first-order chi connectivity index (χ1) is 31.5. The van der Waals surface area contributed by atoms with Gasteiger partial charge in [-0.05, 0) is 87.2 Å². The molecule has 3 aromatic heterocycles. The first kappa shape index (κ1) is 34.1. The van der Waals surface area contributed by atoms with Gasteiger partial charge in [0.05, 0.1) is 33.4 Å². The molecule has 1 aliphatic rings. The van der Waals surface area contributed by atoms with E-state index in [0.29, 0.717) is 34.4 Å². The summed E-state index contributed by atoms with van der Waals surface area (Å²) in [5, 5.41) is 2.21. The third kappa shape index (κ3) is 6.36. The number of aromatic nitrogens is 4. The molecule has 0 bridgehead atoms. The second-order valence-corrected chi connectivity index (χ2v) is 16.8. The summed E-state index contributed by atoms with van der Waals surface area (Å²) in [6.45, 7) is 3.45. The maximum absolute atomic E-state index is 8.94. The van der Waals surface area contributed by atoms with Crippen LogP contribution in [0.1, 0.15) is 30.4 Å². The first-order valence-electron chi connectivity index (χ1n) is 22.4. The van der Waals surface area contributed by atoms with Crippen molar-refractivity contribution in [3.63, 3.8) is 0 Å². The number of aryl methyl sites for hydroxylation is 1. The van der Waals surface area contributed by atoms with E-state index in [2.05, 4.69) is 123 Å². The molecule has 1 aliphatic heterocycles. The first-order valence-corrected chi connectivity index (χ1v) is 20.9. The van der Waals surface area contributed by atoms with Crippen molar-refractivity contribution in [2.45, 2.75) is 26.2 Å². The molecule has 298 valence electrons. The highest BCUT2D eigenvalue weighted by Crippen LogP contribution is 2.37. The van der Waals surface area contributed by atoms with Gasteiger partial charge in [-0.2, -0.15) is 0 Å². The summed E-state index contributed by atoms with van der Waals surface area (Å²) in [5.74, 6) is 3.02. The molecule has 6 nitrogen and oxygen atoms in total. The average molecular weight is 806 g/mol. The number of benzene rings is 7. The molecule has 0 fully saturated rings. The summed E-state index contributed by atoms with van der Waals surface area (Å²) >= 11 is 0. The molecule has 7 heteroatoms. The lowest BCUT2D eigenvalue weighted by atomic mass is 9.35. The number of nitrogens with zero attached hydrogens (tertiary/aromatic N) is 4. The highest BCUT2D eigenvalue weighted by atomic mass is 16.5. The molecule has 0 spiro atoms. The molecule has 0 N–H and O–H groups in total. The van der Waals surface area contributed by atoms with Crippen LogP contribution in [0.3, 0.4) is 0 Å². The molecule has 0 saturated heterocycles. The Morgan fingerprint density at radius 3 is 2.10 bits per heavy atom. The number of hydrogen-bond acceptors (Lipinski definition) is 3. The van der Waals surface area contributed by atoms with Gasteiger partial charge in [0.2, 0.25) is 18.9 Å².